The molecule has 0 saturated heterocycles. The molecule has 5 nitrogen and oxygen atoms in total. The van der Waals surface area contributed by atoms with Crippen LogP contribution in [0.2, 0.25) is 0 Å². The standard InChI is InChI=1S/C21H19N3O2S2/c1-2-13-22-17(25)14-27-21-23-18(15-9-5-3-6-10-15)20(28-21)24-19(26)16-11-7-4-8-12-16/h2-12H,1,13-14H2,(H,22,25)(H,24,26). The fourth-order valence-electron chi connectivity index (χ4n) is 2.37. The van der Waals surface area contributed by atoms with Gasteiger partial charge in [-0.3, -0.25) is 9.59 Å². The normalized spacial score (nSPS) is 10.3. The lowest BCUT2D eigenvalue weighted by Gasteiger charge is -2.05. The Kier molecular flexibility index (Phi) is 7.00. The second kappa shape index (κ2) is 9.87. The maximum atomic E-state index is 12.6. The Bertz CT molecular complexity index is 956. The summed E-state index contributed by atoms with van der Waals surface area (Å²) < 4.78 is 0.718. The van der Waals surface area contributed by atoms with Gasteiger partial charge in [0.15, 0.2) is 4.34 Å². The predicted octanol–water partition coefficient (Wildman–Crippen LogP) is 4.46. The highest BCUT2D eigenvalue weighted by molar-refractivity contribution is 8.01. The van der Waals surface area contributed by atoms with Gasteiger partial charge in [-0.2, -0.15) is 0 Å². The molecule has 0 fully saturated rings. The molecule has 0 atom stereocenters. The Morgan fingerprint density at radius 2 is 1.75 bits per heavy atom. The van der Waals surface area contributed by atoms with Gasteiger partial charge in [-0.05, 0) is 12.1 Å². The minimum absolute atomic E-state index is 0.0868. The molecule has 0 bridgehead atoms. The summed E-state index contributed by atoms with van der Waals surface area (Å²) in [4.78, 5) is 29.1. The number of nitrogens with one attached hydrogen (secondary N) is 2. The number of thioether (sulfide) groups is 1. The number of hydrogen-bond acceptors (Lipinski definition) is 5. The topological polar surface area (TPSA) is 71.1 Å². The maximum Gasteiger partial charge on any atom is 0.256 e. The van der Waals surface area contributed by atoms with E-state index in [9.17, 15) is 9.59 Å². The van der Waals surface area contributed by atoms with Gasteiger partial charge in [0.2, 0.25) is 5.91 Å². The second-order valence-electron chi connectivity index (χ2n) is 5.73. The minimum Gasteiger partial charge on any atom is -0.352 e. The summed E-state index contributed by atoms with van der Waals surface area (Å²) in [5.74, 6) is -0.0280. The quantitative estimate of drug-likeness (QED) is 0.426. The molecular weight excluding hydrogens is 390 g/mol. The van der Waals surface area contributed by atoms with E-state index in [1.807, 2.05) is 48.5 Å². The van der Waals surface area contributed by atoms with E-state index in [-0.39, 0.29) is 17.6 Å². The van der Waals surface area contributed by atoms with Crippen LogP contribution in [0.25, 0.3) is 11.3 Å². The van der Waals surface area contributed by atoms with Gasteiger partial charge < -0.3 is 10.6 Å². The van der Waals surface area contributed by atoms with E-state index in [0.29, 0.717) is 22.8 Å². The summed E-state index contributed by atoms with van der Waals surface area (Å²) in [6, 6.07) is 18.7. The fourth-order valence-corrected chi connectivity index (χ4v) is 4.26. The lowest BCUT2D eigenvalue weighted by atomic mass is 10.1. The molecule has 1 aromatic heterocycles. The average molecular weight is 410 g/mol. The maximum absolute atomic E-state index is 12.6. The first-order valence-corrected chi connectivity index (χ1v) is 10.4. The van der Waals surface area contributed by atoms with Gasteiger partial charge in [0.05, 0.1) is 5.75 Å². The molecule has 0 aliphatic carbocycles. The van der Waals surface area contributed by atoms with Crippen LogP contribution in [0.5, 0.6) is 0 Å². The Morgan fingerprint density at radius 1 is 1.07 bits per heavy atom. The summed E-state index contributed by atoms with van der Waals surface area (Å²) in [7, 11) is 0. The molecule has 2 aromatic carbocycles. The Hall–Kier alpha value is -2.90. The number of aromatic nitrogens is 1. The monoisotopic (exact) mass is 409 g/mol. The van der Waals surface area contributed by atoms with Gasteiger partial charge in [0.1, 0.15) is 10.7 Å². The third kappa shape index (κ3) is 5.31. The van der Waals surface area contributed by atoms with Gasteiger partial charge >= 0.3 is 0 Å². The van der Waals surface area contributed by atoms with E-state index in [1.165, 1.54) is 23.1 Å². The van der Waals surface area contributed by atoms with Crippen LogP contribution < -0.4 is 10.6 Å². The molecule has 0 unspecified atom stereocenters. The van der Waals surface area contributed by atoms with Gasteiger partial charge in [-0.25, -0.2) is 4.98 Å². The summed E-state index contributed by atoms with van der Waals surface area (Å²) in [6.07, 6.45) is 1.64. The van der Waals surface area contributed by atoms with Crippen LogP contribution in [0.4, 0.5) is 5.00 Å². The zero-order valence-corrected chi connectivity index (χ0v) is 16.7. The lowest BCUT2D eigenvalue weighted by Crippen LogP contribution is -2.24. The fraction of sp³-hybridized carbons (Fsp3) is 0.0952. The van der Waals surface area contributed by atoms with Crippen molar-refractivity contribution in [1.82, 2.24) is 10.3 Å². The van der Waals surface area contributed by atoms with Crippen molar-refractivity contribution in [2.75, 3.05) is 17.6 Å². The number of thiazole rings is 1. The van der Waals surface area contributed by atoms with Crippen molar-refractivity contribution in [1.29, 1.82) is 0 Å². The zero-order valence-electron chi connectivity index (χ0n) is 15.1. The first-order valence-electron chi connectivity index (χ1n) is 8.60. The molecule has 0 aliphatic heterocycles. The number of rotatable bonds is 8. The lowest BCUT2D eigenvalue weighted by molar-refractivity contribution is -0.118. The summed E-state index contributed by atoms with van der Waals surface area (Å²) in [5, 5.41) is 6.36. The van der Waals surface area contributed by atoms with Crippen molar-refractivity contribution in [2.24, 2.45) is 0 Å². The smallest absolute Gasteiger partial charge is 0.256 e. The number of benzene rings is 2. The SMILES string of the molecule is C=CCNC(=O)CSc1nc(-c2ccccc2)c(NC(=O)c2ccccc2)s1. The van der Waals surface area contributed by atoms with Crippen molar-refractivity contribution in [3.05, 3.63) is 78.9 Å². The number of carbonyl (C=O) groups excluding carboxylic acids is 2. The van der Waals surface area contributed by atoms with Crippen LogP contribution in [0, 0.1) is 0 Å². The molecule has 0 saturated carbocycles. The summed E-state index contributed by atoms with van der Waals surface area (Å²) in [5.41, 5.74) is 2.18. The van der Waals surface area contributed by atoms with E-state index < -0.39 is 0 Å². The van der Waals surface area contributed by atoms with E-state index in [0.717, 1.165) is 9.90 Å². The van der Waals surface area contributed by atoms with Gasteiger partial charge in [0, 0.05) is 17.7 Å². The van der Waals surface area contributed by atoms with Gasteiger partial charge in [0.25, 0.3) is 5.91 Å². The average Bonchev–Trinajstić information content (AvgIpc) is 3.14. The number of carbonyl (C=O) groups is 2. The Labute approximate surface area is 171 Å². The first kappa shape index (κ1) is 19.9. The van der Waals surface area contributed by atoms with Crippen molar-refractivity contribution < 1.29 is 9.59 Å². The predicted molar refractivity (Wildman–Crippen MR) is 116 cm³/mol. The van der Waals surface area contributed by atoms with Crippen molar-refractivity contribution in [3.8, 4) is 11.3 Å². The molecule has 2 amide bonds. The summed E-state index contributed by atoms with van der Waals surface area (Å²) >= 11 is 2.70. The Morgan fingerprint density at radius 3 is 2.43 bits per heavy atom. The highest BCUT2D eigenvalue weighted by Crippen LogP contribution is 2.37. The number of amides is 2. The zero-order chi connectivity index (χ0) is 19.8. The van der Waals surface area contributed by atoms with Crippen LogP contribution in [-0.2, 0) is 4.79 Å². The van der Waals surface area contributed by atoms with E-state index in [2.05, 4.69) is 22.2 Å². The highest BCUT2D eigenvalue weighted by atomic mass is 32.2. The van der Waals surface area contributed by atoms with Crippen molar-refractivity contribution in [2.45, 2.75) is 4.34 Å². The molecule has 7 heteroatoms. The molecule has 3 rings (SSSR count). The molecular formula is C21H19N3O2S2. The molecule has 2 N–H and O–H groups in total. The number of nitrogens with zero attached hydrogens (tertiary/aromatic N) is 1. The van der Waals surface area contributed by atoms with Gasteiger partial charge in [-0.15, -0.1) is 6.58 Å². The second-order valence-corrected chi connectivity index (χ2v) is 7.95. The molecule has 0 radical (unpaired) electrons. The third-order valence-corrected chi connectivity index (χ3v) is 5.80. The van der Waals surface area contributed by atoms with E-state index in [1.54, 1.807) is 18.2 Å². The van der Waals surface area contributed by atoms with Crippen LogP contribution >= 0.6 is 23.1 Å². The molecule has 3 aromatic rings. The summed E-state index contributed by atoms with van der Waals surface area (Å²) in [6.45, 7) is 4.02. The van der Waals surface area contributed by atoms with Crippen LogP contribution in [-0.4, -0.2) is 29.1 Å². The minimum atomic E-state index is -0.193. The van der Waals surface area contributed by atoms with Crippen molar-refractivity contribution >= 4 is 39.9 Å². The van der Waals surface area contributed by atoms with Crippen LogP contribution in [0.1, 0.15) is 10.4 Å². The molecule has 142 valence electrons. The van der Waals surface area contributed by atoms with Crippen LogP contribution in [0.3, 0.4) is 0 Å². The highest BCUT2D eigenvalue weighted by Gasteiger charge is 2.17. The molecule has 0 aliphatic rings. The first-order chi connectivity index (χ1) is 13.7. The molecule has 1 heterocycles. The molecule has 28 heavy (non-hydrogen) atoms. The van der Waals surface area contributed by atoms with Crippen LogP contribution in [0.15, 0.2) is 77.7 Å². The largest absolute Gasteiger partial charge is 0.352 e. The van der Waals surface area contributed by atoms with E-state index in [4.69, 9.17) is 0 Å². The number of hydrogen-bond donors (Lipinski definition) is 2. The number of anilines is 1. The molecule has 0 spiro atoms. The van der Waals surface area contributed by atoms with Gasteiger partial charge in [-0.1, -0.05) is 77.7 Å². The third-order valence-electron chi connectivity index (χ3n) is 3.69. The van der Waals surface area contributed by atoms with Crippen molar-refractivity contribution in [3.63, 3.8) is 0 Å². The van der Waals surface area contributed by atoms with E-state index >= 15 is 0 Å². The Balaban J connectivity index is 1.81.